The van der Waals surface area contributed by atoms with Crippen LogP contribution in [-0.2, 0) is 5.66 Å². The fraction of sp³-hybridized carbons (Fsp3) is 0.308. The van der Waals surface area contributed by atoms with Crippen molar-refractivity contribution >= 4 is 5.95 Å². The van der Waals surface area contributed by atoms with Gasteiger partial charge >= 0.3 is 0 Å². The molecule has 104 valence electrons. The number of hydrogen-bond donors (Lipinski definition) is 2. The Morgan fingerprint density at radius 3 is 2.55 bits per heavy atom. The second-order valence-electron chi connectivity index (χ2n) is 5.00. The molecule has 1 unspecified atom stereocenters. The lowest BCUT2D eigenvalue weighted by molar-refractivity contribution is 0.333. The first-order valence-electron chi connectivity index (χ1n) is 6.33. The number of aromatic nitrogens is 3. The molecule has 0 saturated carbocycles. The number of anilines is 1. The molecule has 3 rings (SSSR count). The van der Waals surface area contributed by atoms with Gasteiger partial charge in [-0.05, 0) is 19.4 Å². The number of hydrogen-bond acceptors (Lipinski definition) is 6. The number of fused-ring (bicyclic) bond motifs is 1. The molecule has 1 aromatic carbocycles. The van der Waals surface area contributed by atoms with Crippen LogP contribution in [0.25, 0.3) is 0 Å². The Morgan fingerprint density at radius 1 is 1.15 bits per heavy atom. The van der Waals surface area contributed by atoms with Crippen molar-refractivity contribution in [2.75, 3.05) is 17.5 Å². The Kier molecular flexibility index (Phi) is 2.72. The van der Waals surface area contributed by atoms with E-state index in [4.69, 9.17) is 0 Å². The Labute approximate surface area is 116 Å². The number of nitrogens with one attached hydrogen (secondary N) is 2. The summed E-state index contributed by atoms with van der Waals surface area (Å²) in [5, 5.41) is 9.58. The van der Waals surface area contributed by atoms with Crippen LogP contribution in [0, 0.1) is 6.92 Å². The van der Waals surface area contributed by atoms with E-state index < -0.39 is 5.66 Å². The van der Waals surface area contributed by atoms with Gasteiger partial charge in [0, 0.05) is 7.05 Å². The molecule has 0 saturated heterocycles. The largest absolute Gasteiger partial charge is 0.295 e. The quantitative estimate of drug-likeness (QED) is 0.778. The standard InChI is InChI=1S/C13H16N6O/c1-9-11(20)19-12(15-14-9)18(3)16-13(2,17-19)10-7-5-4-6-8-10/h4-8,16-17H,1-3H3. The maximum Gasteiger partial charge on any atom is 0.295 e. The molecule has 0 spiro atoms. The van der Waals surface area contributed by atoms with E-state index in [1.54, 1.807) is 19.0 Å². The van der Waals surface area contributed by atoms with E-state index in [0.29, 0.717) is 11.6 Å². The maximum atomic E-state index is 12.2. The average Bonchev–Trinajstić information content (AvgIpc) is 2.44. The van der Waals surface area contributed by atoms with Gasteiger partial charge in [-0.1, -0.05) is 30.3 Å². The van der Waals surface area contributed by atoms with Crippen LogP contribution in [0.1, 0.15) is 18.2 Å². The molecule has 0 amide bonds. The summed E-state index contributed by atoms with van der Waals surface area (Å²) < 4.78 is 1.42. The van der Waals surface area contributed by atoms with Crippen LogP contribution in [0.15, 0.2) is 35.1 Å². The van der Waals surface area contributed by atoms with Gasteiger partial charge in [-0.3, -0.25) is 15.2 Å². The molecule has 2 aromatic rings. The topological polar surface area (TPSA) is 75.1 Å². The molecule has 0 bridgehead atoms. The second kappa shape index (κ2) is 4.31. The van der Waals surface area contributed by atoms with Crippen molar-refractivity contribution in [1.82, 2.24) is 20.3 Å². The van der Waals surface area contributed by atoms with Gasteiger partial charge in [0.1, 0.15) is 11.4 Å². The molecular formula is C13H16N6O. The van der Waals surface area contributed by atoms with Crippen molar-refractivity contribution in [1.29, 1.82) is 0 Å². The molecule has 1 aliphatic heterocycles. The highest BCUT2D eigenvalue weighted by Gasteiger charge is 2.35. The highest BCUT2D eigenvalue weighted by Crippen LogP contribution is 2.23. The van der Waals surface area contributed by atoms with Gasteiger partial charge < -0.3 is 0 Å². The number of aryl methyl sites for hydroxylation is 1. The molecule has 20 heavy (non-hydrogen) atoms. The van der Waals surface area contributed by atoms with Crippen LogP contribution in [-0.4, -0.2) is 21.9 Å². The molecule has 0 aliphatic carbocycles. The summed E-state index contributed by atoms with van der Waals surface area (Å²) in [6.45, 7) is 3.61. The van der Waals surface area contributed by atoms with Gasteiger partial charge in [0.15, 0.2) is 0 Å². The number of hydrazine groups is 1. The van der Waals surface area contributed by atoms with Gasteiger partial charge in [-0.2, -0.15) is 4.68 Å². The molecule has 2 N–H and O–H groups in total. The molecule has 2 heterocycles. The van der Waals surface area contributed by atoms with E-state index in [0.717, 1.165) is 5.56 Å². The molecule has 7 heteroatoms. The van der Waals surface area contributed by atoms with Gasteiger partial charge in [-0.25, -0.2) is 5.43 Å². The molecule has 7 nitrogen and oxygen atoms in total. The van der Waals surface area contributed by atoms with Crippen molar-refractivity contribution in [2.24, 2.45) is 0 Å². The zero-order valence-electron chi connectivity index (χ0n) is 11.6. The third kappa shape index (κ3) is 1.83. The summed E-state index contributed by atoms with van der Waals surface area (Å²) in [7, 11) is 1.80. The van der Waals surface area contributed by atoms with Crippen molar-refractivity contribution in [3.63, 3.8) is 0 Å². The molecule has 1 aromatic heterocycles. The normalized spacial score (nSPS) is 21.2. The van der Waals surface area contributed by atoms with Gasteiger partial charge in [0.25, 0.3) is 11.5 Å². The summed E-state index contributed by atoms with van der Waals surface area (Å²) in [5.74, 6) is 0.425. The Morgan fingerprint density at radius 2 is 1.85 bits per heavy atom. The SMILES string of the molecule is Cc1nnc2n(c1=O)NC(C)(c1ccccc1)NN2C. The highest BCUT2D eigenvalue weighted by molar-refractivity contribution is 5.37. The zero-order chi connectivity index (χ0) is 14.3. The van der Waals surface area contributed by atoms with Gasteiger partial charge in [0.05, 0.1) is 0 Å². The number of rotatable bonds is 1. The van der Waals surface area contributed by atoms with Gasteiger partial charge in [0.2, 0.25) is 0 Å². The van der Waals surface area contributed by atoms with Crippen LogP contribution in [0.5, 0.6) is 0 Å². The van der Waals surface area contributed by atoms with Crippen LogP contribution in [0.2, 0.25) is 0 Å². The third-order valence-electron chi connectivity index (χ3n) is 3.38. The van der Waals surface area contributed by atoms with Crippen LogP contribution < -0.4 is 21.4 Å². The van der Waals surface area contributed by atoms with E-state index in [-0.39, 0.29) is 5.56 Å². The van der Waals surface area contributed by atoms with E-state index in [9.17, 15) is 4.79 Å². The van der Waals surface area contributed by atoms with Crippen LogP contribution in [0.3, 0.4) is 0 Å². The van der Waals surface area contributed by atoms with Crippen molar-refractivity contribution in [2.45, 2.75) is 19.5 Å². The van der Waals surface area contributed by atoms with E-state index in [2.05, 4.69) is 21.0 Å². The number of nitrogens with zero attached hydrogens (tertiary/aromatic N) is 4. The lowest BCUT2D eigenvalue weighted by Crippen LogP contribution is -2.63. The highest BCUT2D eigenvalue weighted by atomic mass is 16.1. The second-order valence-corrected chi connectivity index (χ2v) is 5.00. The first-order valence-corrected chi connectivity index (χ1v) is 6.33. The predicted molar refractivity (Wildman–Crippen MR) is 75.7 cm³/mol. The minimum atomic E-state index is -0.609. The monoisotopic (exact) mass is 272 g/mol. The Bertz CT molecular complexity index is 698. The summed E-state index contributed by atoms with van der Waals surface area (Å²) in [6.07, 6.45) is 0. The smallest absolute Gasteiger partial charge is 0.294 e. The lowest BCUT2D eigenvalue weighted by Gasteiger charge is -2.42. The average molecular weight is 272 g/mol. The molecule has 0 radical (unpaired) electrons. The number of benzene rings is 1. The minimum Gasteiger partial charge on any atom is -0.294 e. The van der Waals surface area contributed by atoms with Crippen molar-refractivity contribution < 1.29 is 0 Å². The minimum absolute atomic E-state index is 0.203. The van der Waals surface area contributed by atoms with Crippen molar-refractivity contribution in [3.05, 3.63) is 51.9 Å². The third-order valence-corrected chi connectivity index (χ3v) is 3.38. The maximum absolute atomic E-state index is 12.2. The molecule has 1 aliphatic rings. The summed E-state index contributed by atoms with van der Waals surface area (Å²) in [6, 6.07) is 9.85. The van der Waals surface area contributed by atoms with Crippen molar-refractivity contribution in [3.8, 4) is 0 Å². The van der Waals surface area contributed by atoms with Crippen LogP contribution in [0.4, 0.5) is 5.95 Å². The van der Waals surface area contributed by atoms with Gasteiger partial charge in [-0.15, -0.1) is 10.2 Å². The Hall–Kier alpha value is -2.41. The first-order chi connectivity index (χ1) is 9.51. The van der Waals surface area contributed by atoms with E-state index in [1.165, 1.54) is 4.68 Å². The van der Waals surface area contributed by atoms with E-state index in [1.807, 2.05) is 37.3 Å². The zero-order valence-corrected chi connectivity index (χ0v) is 11.6. The summed E-state index contributed by atoms with van der Waals surface area (Å²) >= 11 is 0. The predicted octanol–water partition coefficient (Wildman–Crippen LogP) is 0.318. The van der Waals surface area contributed by atoms with Crippen LogP contribution >= 0.6 is 0 Å². The summed E-state index contributed by atoms with van der Waals surface area (Å²) in [4.78, 5) is 12.2. The lowest BCUT2D eigenvalue weighted by atomic mass is 10.0. The molecule has 0 fully saturated rings. The Balaban J connectivity index is 2.13. The van der Waals surface area contributed by atoms with E-state index >= 15 is 0 Å². The fourth-order valence-electron chi connectivity index (χ4n) is 2.31. The first kappa shape index (κ1) is 12.6. The molecule has 1 atom stereocenters. The molecular weight excluding hydrogens is 256 g/mol. The fourth-order valence-corrected chi connectivity index (χ4v) is 2.31. The summed E-state index contributed by atoms with van der Waals surface area (Å²) in [5.41, 5.74) is 7.00.